The van der Waals surface area contributed by atoms with Crippen molar-refractivity contribution in [3.05, 3.63) is 28.3 Å². The molecule has 0 bridgehead atoms. The van der Waals surface area contributed by atoms with E-state index in [4.69, 9.17) is 4.74 Å². The van der Waals surface area contributed by atoms with Crippen molar-refractivity contribution in [3.63, 3.8) is 0 Å². The van der Waals surface area contributed by atoms with E-state index in [0.717, 1.165) is 5.69 Å². The molecule has 0 aliphatic carbocycles. The van der Waals surface area contributed by atoms with E-state index in [0.29, 0.717) is 18.3 Å². The fraction of sp³-hybridized carbons (Fsp3) is 0.500. The Labute approximate surface area is 101 Å². The predicted octanol–water partition coefficient (Wildman–Crippen LogP) is 2.70. The monoisotopic (exact) mass is 238 g/mol. The predicted molar refractivity (Wildman–Crippen MR) is 67.8 cm³/mol. The molecule has 0 unspecified atom stereocenters. The van der Waals surface area contributed by atoms with E-state index in [2.05, 4.69) is 0 Å². The van der Waals surface area contributed by atoms with Crippen LogP contribution in [0, 0.1) is 16.0 Å². The largest absolute Gasteiger partial charge is 0.491 e. The zero-order valence-corrected chi connectivity index (χ0v) is 10.6. The van der Waals surface area contributed by atoms with Crippen molar-refractivity contribution < 1.29 is 9.66 Å². The molecule has 0 aliphatic rings. The zero-order valence-electron chi connectivity index (χ0n) is 10.6. The average Bonchev–Trinajstić information content (AvgIpc) is 2.25. The second-order valence-electron chi connectivity index (χ2n) is 4.51. The SMILES string of the molecule is CC(C)COc1cc([N+](=O)[O-])ccc1N(C)C. The minimum Gasteiger partial charge on any atom is -0.491 e. The topological polar surface area (TPSA) is 55.6 Å². The summed E-state index contributed by atoms with van der Waals surface area (Å²) in [6, 6.07) is 4.66. The van der Waals surface area contributed by atoms with Gasteiger partial charge in [-0.15, -0.1) is 0 Å². The normalized spacial score (nSPS) is 10.4. The number of benzene rings is 1. The van der Waals surface area contributed by atoms with Gasteiger partial charge in [0.15, 0.2) is 0 Å². The second-order valence-corrected chi connectivity index (χ2v) is 4.51. The molecular formula is C12H18N2O3. The molecule has 0 heterocycles. The average molecular weight is 238 g/mol. The highest BCUT2D eigenvalue weighted by Gasteiger charge is 2.13. The van der Waals surface area contributed by atoms with Gasteiger partial charge in [-0.05, 0) is 12.0 Å². The lowest BCUT2D eigenvalue weighted by atomic mass is 10.2. The van der Waals surface area contributed by atoms with Crippen molar-refractivity contribution in [2.75, 3.05) is 25.6 Å². The Kier molecular flexibility index (Phi) is 4.31. The number of hydrogen-bond acceptors (Lipinski definition) is 4. The lowest BCUT2D eigenvalue weighted by molar-refractivity contribution is -0.384. The molecule has 0 aliphatic heterocycles. The van der Waals surface area contributed by atoms with Gasteiger partial charge < -0.3 is 9.64 Å². The first-order chi connectivity index (χ1) is 7.91. The van der Waals surface area contributed by atoms with Gasteiger partial charge in [-0.1, -0.05) is 13.8 Å². The zero-order chi connectivity index (χ0) is 13.0. The van der Waals surface area contributed by atoms with Crippen LogP contribution in [-0.2, 0) is 0 Å². The third-order valence-electron chi connectivity index (χ3n) is 2.21. The van der Waals surface area contributed by atoms with Crippen molar-refractivity contribution in [2.24, 2.45) is 5.92 Å². The van der Waals surface area contributed by atoms with Gasteiger partial charge in [0.2, 0.25) is 0 Å². The standard InChI is InChI=1S/C12H18N2O3/c1-9(2)8-17-12-7-10(14(15)16)5-6-11(12)13(3)4/h5-7,9H,8H2,1-4H3. The molecule has 0 fully saturated rings. The molecule has 94 valence electrons. The molecule has 0 spiro atoms. The minimum absolute atomic E-state index is 0.0503. The number of nitro groups is 1. The summed E-state index contributed by atoms with van der Waals surface area (Å²) in [5.41, 5.74) is 0.894. The summed E-state index contributed by atoms with van der Waals surface area (Å²) >= 11 is 0. The van der Waals surface area contributed by atoms with E-state index in [9.17, 15) is 10.1 Å². The van der Waals surface area contributed by atoms with Crippen LogP contribution in [0.5, 0.6) is 5.75 Å². The maximum atomic E-state index is 10.7. The second kappa shape index (κ2) is 5.52. The first-order valence-electron chi connectivity index (χ1n) is 5.50. The van der Waals surface area contributed by atoms with Gasteiger partial charge in [-0.3, -0.25) is 10.1 Å². The summed E-state index contributed by atoms with van der Waals surface area (Å²) in [5, 5.41) is 10.7. The van der Waals surface area contributed by atoms with Gasteiger partial charge in [0.25, 0.3) is 5.69 Å². The van der Waals surface area contributed by atoms with Gasteiger partial charge in [0.05, 0.1) is 23.3 Å². The number of nitro benzene ring substituents is 1. The Morgan fingerprint density at radius 2 is 2.06 bits per heavy atom. The summed E-state index contributed by atoms with van der Waals surface area (Å²) in [7, 11) is 3.76. The molecule has 0 amide bonds. The van der Waals surface area contributed by atoms with Crippen LogP contribution < -0.4 is 9.64 Å². The van der Waals surface area contributed by atoms with E-state index in [1.807, 2.05) is 32.8 Å². The van der Waals surface area contributed by atoms with Crippen molar-refractivity contribution in [1.82, 2.24) is 0 Å². The summed E-state index contributed by atoms with van der Waals surface area (Å²) in [6.45, 7) is 4.61. The third-order valence-corrected chi connectivity index (χ3v) is 2.21. The van der Waals surface area contributed by atoms with Gasteiger partial charge >= 0.3 is 0 Å². The highest BCUT2D eigenvalue weighted by molar-refractivity contribution is 5.61. The Morgan fingerprint density at radius 3 is 2.53 bits per heavy atom. The number of anilines is 1. The molecule has 0 N–H and O–H groups in total. The fourth-order valence-corrected chi connectivity index (χ4v) is 1.36. The van der Waals surface area contributed by atoms with Gasteiger partial charge in [0, 0.05) is 20.2 Å². The first kappa shape index (κ1) is 13.3. The van der Waals surface area contributed by atoms with E-state index in [1.165, 1.54) is 12.1 Å². The highest BCUT2D eigenvalue weighted by Crippen LogP contribution is 2.31. The van der Waals surface area contributed by atoms with E-state index >= 15 is 0 Å². The molecular weight excluding hydrogens is 220 g/mol. The maximum Gasteiger partial charge on any atom is 0.273 e. The highest BCUT2D eigenvalue weighted by atomic mass is 16.6. The Balaban J connectivity index is 3.02. The number of nitrogens with zero attached hydrogens (tertiary/aromatic N) is 2. The van der Waals surface area contributed by atoms with Crippen LogP contribution in [0.1, 0.15) is 13.8 Å². The molecule has 0 atom stereocenters. The van der Waals surface area contributed by atoms with Crippen molar-refractivity contribution in [1.29, 1.82) is 0 Å². The summed E-state index contributed by atoms with van der Waals surface area (Å²) in [5.74, 6) is 0.933. The Morgan fingerprint density at radius 1 is 1.41 bits per heavy atom. The molecule has 1 aromatic rings. The van der Waals surface area contributed by atoms with Crippen LogP contribution in [0.15, 0.2) is 18.2 Å². The molecule has 5 nitrogen and oxygen atoms in total. The quantitative estimate of drug-likeness (QED) is 0.584. The Hall–Kier alpha value is -1.78. The van der Waals surface area contributed by atoms with Crippen molar-refractivity contribution in [3.8, 4) is 5.75 Å². The summed E-state index contributed by atoms with van der Waals surface area (Å²) < 4.78 is 5.60. The molecule has 17 heavy (non-hydrogen) atoms. The number of hydrogen-bond donors (Lipinski definition) is 0. The molecule has 0 aromatic heterocycles. The number of rotatable bonds is 5. The van der Waals surface area contributed by atoms with Crippen LogP contribution in [0.2, 0.25) is 0 Å². The Bertz CT molecular complexity index is 403. The third kappa shape index (κ3) is 3.62. The number of non-ortho nitro benzene ring substituents is 1. The van der Waals surface area contributed by atoms with Crippen molar-refractivity contribution >= 4 is 11.4 Å². The molecule has 0 saturated carbocycles. The van der Waals surface area contributed by atoms with Gasteiger partial charge in [-0.25, -0.2) is 0 Å². The van der Waals surface area contributed by atoms with E-state index in [-0.39, 0.29) is 5.69 Å². The molecule has 0 saturated heterocycles. The van der Waals surface area contributed by atoms with Crippen LogP contribution in [0.3, 0.4) is 0 Å². The van der Waals surface area contributed by atoms with Gasteiger partial charge in [-0.2, -0.15) is 0 Å². The molecule has 0 radical (unpaired) electrons. The van der Waals surface area contributed by atoms with Gasteiger partial charge in [0.1, 0.15) is 5.75 Å². The summed E-state index contributed by atoms with van der Waals surface area (Å²) in [6.07, 6.45) is 0. The van der Waals surface area contributed by atoms with Crippen LogP contribution in [0.25, 0.3) is 0 Å². The van der Waals surface area contributed by atoms with Crippen molar-refractivity contribution in [2.45, 2.75) is 13.8 Å². The number of ether oxygens (including phenoxy) is 1. The summed E-state index contributed by atoms with van der Waals surface area (Å²) in [4.78, 5) is 12.2. The smallest absolute Gasteiger partial charge is 0.273 e. The maximum absolute atomic E-state index is 10.7. The minimum atomic E-state index is -0.415. The van der Waals surface area contributed by atoms with Crippen LogP contribution in [0.4, 0.5) is 11.4 Å². The molecule has 1 rings (SSSR count). The van der Waals surface area contributed by atoms with E-state index in [1.54, 1.807) is 6.07 Å². The van der Waals surface area contributed by atoms with Crippen LogP contribution >= 0.6 is 0 Å². The lowest BCUT2D eigenvalue weighted by Gasteiger charge is -2.18. The lowest BCUT2D eigenvalue weighted by Crippen LogP contribution is -2.12. The molecule has 5 heteroatoms. The fourth-order valence-electron chi connectivity index (χ4n) is 1.36. The van der Waals surface area contributed by atoms with E-state index < -0.39 is 4.92 Å². The molecule has 1 aromatic carbocycles. The van der Waals surface area contributed by atoms with Crippen LogP contribution in [-0.4, -0.2) is 25.6 Å². The first-order valence-corrected chi connectivity index (χ1v) is 5.50.